The molecule has 2 heterocycles. The smallest absolute Gasteiger partial charge is 0.253 e. The van der Waals surface area contributed by atoms with Gasteiger partial charge in [0.15, 0.2) is 11.0 Å². The van der Waals surface area contributed by atoms with Crippen molar-refractivity contribution in [2.75, 3.05) is 20.2 Å². The molecule has 1 aliphatic heterocycles. The van der Waals surface area contributed by atoms with Crippen molar-refractivity contribution in [3.63, 3.8) is 0 Å². The summed E-state index contributed by atoms with van der Waals surface area (Å²) in [7, 11) is 1.60. The average molecular weight is 489 g/mol. The molecule has 4 aromatic rings. The summed E-state index contributed by atoms with van der Waals surface area (Å²) in [6.07, 6.45) is 2.12. The molecule has 0 N–H and O–H groups in total. The van der Waals surface area contributed by atoms with Gasteiger partial charge in [-0.25, -0.2) is 4.39 Å². The van der Waals surface area contributed by atoms with Crippen LogP contribution in [0, 0.1) is 5.82 Å². The fourth-order valence-corrected chi connectivity index (χ4v) is 5.10. The highest BCUT2D eigenvalue weighted by Gasteiger charge is 2.21. The molecule has 8 heteroatoms. The number of thioether (sulfide) groups is 1. The minimum atomic E-state index is -0.364. The molecule has 1 amide bonds. The van der Waals surface area contributed by atoms with Gasteiger partial charge in [0, 0.05) is 30.0 Å². The van der Waals surface area contributed by atoms with Crippen LogP contribution in [0.2, 0.25) is 0 Å². The van der Waals surface area contributed by atoms with Gasteiger partial charge < -0.3 is 9.64 Å². The van der Waals surface area contributed by atoms with Crippen molar-refractivity contribution in [1.29, 1.82) is 0 Å². The Hall–Kier alpha value is -3.65. The van der Waals surface area contributed by atoms with Gasteiger partial charge in [-0.05, 0) is 54.8 Å². The van der Waals surface area contributed by atoms with Crippen LogP contribution in [0.5, 0.6) is 5.75 Å². The minimum absolute atomic E-state index is 0.0733. The fraction of sp³-hybridized carbons (Fsp3) is 0.222. The molecular formula is C27H25FN4O2S. The second-order valence-corrected chi connectivity index (χ2v) is 9.26. The van der Waals surface area contributed by atoms with Crippen LogP contribution in [0.1, 0.15) is 28.8 Å². The van der Waals surface area contributed by atoms with E-state index in [1.807, 2.05) is 53.4 Å². The van der Waals surface area contributed by atoms with Crippen LogP contribution >= 0.6 is 11.8 Å². The van der Waals surface area contributed by atoms with E-state index >= 15 is 0 Å². The molecule has 0 unspecified atom stereocenters. The van der Waals surface area contributed by atoms with Gasteiger partial charge in [-0.2, -0.15) is 0 Å². The highest BCUT2D eigenvalue weighted by Crippen LogP contribution is 2.32. The van der Waals surface area contributed by atoms with Crippen molar-refractivity contribution in [2.45, 2.75) is 23.8 Å². The number of carbonyl (C=O) groups excluding carboxylic acids is 1. The third-order valence-corrected chi connectivity index (χ3v) is 6.99. The van der Waals surface area contributed by atoms with E-state index in [0.29, 0.717) is 33.7 Å². The third-order valence-electron chi connectivity index (χ3n) is 5.99. The van der Waals surface area contributed by atoms with Crippen molar-refractivity contribution >= 4 is 17.7 Å². The summed E-state index contributed by atoms with van der Waals surface area (Å²) in [5, 5.41) is 9.35. The van der Waals surface area contributed by atoms with E-state index in [9.17, 15) is 9.18 Å². The molecule has 35 heavy (non-hydrogen) atoms. The van der Waals surface area contributed by atoms with E-state index < -0.39 is 0 Å². The molecule has 1 aromatic heterocycles. The maximum absolute atomic E-state index is 14.9. The first kappa shape index (κ1) is 23.1. The third kappa shape index (κ3) is 4.93. The average Bonchev–Trinajstić information content (AvgIpc) is 3.58. The molecule has 178 valence electrons. The summed E-state index contributed by atoms with van der Waals surface area (Å²) >= 11 is 1.45. The molecule has 6 nitrogen and oxygen atoms in total. The normalized spacial score (nSPS) is 13.3. The largest absolute Gasteiger partial charge is 0.497 e. The number of hydrogen-bond donors (Lipinski definition) is 0. The summed E-state index contributed by atoms with van der Waals surface area (Å²) in [5.41, 5.74) is 2.82. The standard InChI is InChI=1S/C27H25FN4O2S/c1-34-22-11-7-9-20(17-22)25-29-30-27(32(25)24-13-3-2-12-23(24)28)35-18-19-8-6-10-21(16-19)26(33)31-14-4-5-15-31/h2-3,6-13,16-17H,4-5,14-15,18H2,1H3. The number of likely N-dealkylation sites (tertiary alicyclic amines) is 1. The number of ether oxygens (including phenoxy) is 1. The first-order valence-electron chi connectivity index (χ1n) is 11.5. The van der Waals surface area contributed by atoms with Crippen molar-refractivity contribution < 1.29 is 13.9 Å². The van der Waals surface area contributed by atoms with Crippen LogP contribution in [0.15, 0.2) is 78.0 Å². The van der Waals surface area contributed by atoms with Gasteiger partial charge in [0.2, 0.25) is 0 Å². The van der Waals surface area contributed by atoms with E-state index in [1.54, 1.807) is 29.9 Å². The summed E-state index contributed by atoms with van der Waals surface area (Å²) in [5.74, 6) is 1.47. The van der Waals surface area contributed by atoms with Crippen molar-refractivity contribution in [3.05, 3.63) is 89.7 Å². The number of hydrogen-bond acceptors (Lipinski definition) is 5. The predicted molar refractivity (Wildman–Crippen MR) is 134 cm³/mol. The highest BCUT2D eigenvalue weighted by atomic mass is 32.2. The van der Waals surface area contributed by atoms with Crippen LogP contribution in [0.25, 0.3) is 17.1 Å². The van der Waals surface area contributed by atoms with Gasteiger partial charge in [-0.3, -0.25) is 9.36 Å². The monoisotopic (exact) mass is 488 g/mol. The van der Waals surface area contributed by atoms with Crippen LogP contribution in [-0.2, 0) is 5.75 Å². The van der Waals surface area contributed by atoms with E-state index in [1.165, 1.54) is 17.8 Å². The number of halogens is 1. The Kier molecular flexibility index (Phi) is 6.81. The Balaban J connectivity index is 1.45. The maximum Gasteiger partial charge on any atom is 0.253 e. The van der Waals surface area contributed by atoms with Gasteiger partial charge in [0.1, 0.15) is 11.6 Å². The number of nitrogens with zero attached hydrogens (tertiary/aromatic N) is 4. The molecule has 0 bridgehead atoms. The van der Waals surface area contributed by atoms with Gasteiger partial charge in [-0.15, -0.1) is 10.2 Å². The minimum Gasteiger partial charge on any atom is -0.497 e. The van der Waals surface area contributed by atoms with E-state index in [0.717, 1.165) is 37.1 Å². The first-order chi connectivity index (χ1) is 17.1. The van der Waals surface area contributed by atoms with Gasteiger partial charge in [0.25, 0.3) is 5.91 Å². The number of methoxy groups -OCH3 is 1. The number of benzene rings is 3. The van der Waals surface area contributed by atoms with Crippen molar-refractivity contribution in [3.8, 4) is 22.8 Å². The number of amides is 1. The Morgan fingerprint density at radius 3 is 2.60 bits per heavy atom. The molecule has 1 saturated heterocycles. The SMILES string of the molecule is COc1cccc(-c2nnc(SCc3cccc(C(=O)N4CCCC4)c3)n2-c2ccccc2F)c1. The van der Waals surface area contributed by atoms with E-state index in [-0.39, 0.29) is 11.7 Å². The molecule has 1 fully saturated rings. The van der Waals surface area contributed by atoms with Crippen LogP contribution < -0.4 is 4.74 Å². The van der Waals surface area contributed by atoms with Crippen molar-refractivity contribution in [1.82, 2.24) is 19.7 Å². The van der Waals surface area contributed by atoms with Crippen LogP contribution in [0.3, 0.4) is 0 Å². The molecular weight excluding hydrogens is 463 g/mol. The zero-order valence-corrected chi connectivity index (χ0v) is 20.2. The molecule has 5 rings (SSSR count). The molecule has 1 aliphatic rings. The van der Waals surface area contributed by atoms with Gasteiger partial charge in [-0.1, -0.05) is 48.2 Å². The Morgan fingerprint density at radius 2 is 1.80 bits per heavy atom. The number of rotatable bonds is 7. The molecule has 0 saturated carbocycles. The fourth-order valence-electron chi connectivity index (χ4n) is 4.21. The Labute approximate surface area is 207 Å². The quantitative estimate of drug-likeness (QED) is 0.317. The highest BCUT2D eigenvalue weighted by molar-refractivity contribution is 7.98. The topological polar surface area (TPSA) is 60.3 Å². The number of carbonyl (C=O) groups is 1. The zero-order valence-electron chi connectivity index (χ0n) is 19.4. The summed E-state index contributed by atoms with van der Waals surface area (Å²) in [6, 6.07) is 21.7. The second-order valence-electron chi connectivity index (χ2n) is 8.31. The molecule has 3 aromatic carbocycles. The van der Waals surface area contributed by atoms with E-state index in [4.69, 9.17) is 4.74 Å². The van der Waals surface area contributed by atoms with Crippen molar-refractivity contribution in [2.24, 2.45) is 0 Å². The first-order valence-corrected chi connectivity index (χ1v) is 12.5. The lowest BCUT2D eigenvalue weighted by molar-refractivity contribution is 0.0792. The summed E-state index contributed by atoms with van der Waals surface area (Å²) in [4.78, 5) is 14.7. The van der Waals surface area contributed by atoms with E-state index in [2.05, 4.69) is 10.2 Å². The lowest BCUT2D eigenvalue weighted by atomic mass is 10.1. The lowest BCUT2D eigenvalue weighted by Crippen LogP contribution is -2.27. The number of para-hydroxylation sites is 1. The van der Waals surface area contributed by atoms with Crippen LogP contribution in [-0.4, -0.2) is 45.8 Å². The molecule has 0 radical (unpaired) electrons. The number of aromatic nitrogens is 3. The Bertz CT molecular complexity index is 1350. The zero-order chi connectivity index (χ0) is 24.2. The maximum atomic E-state index is 14.9. The summed E-state index contributed by atoms with van der Waals surface area (Å²) in [6.45, 7) is 1.63. The Morgan fingerprint density at radius 1 is 1.00 bits per heavy atom. The molecule has 0 atom stereocenters. The molecule has 0 spiro atoms. The summed E-state index contributed by atoms with van der Waals surface area (Å²) < 4.78 is 22.0. The predicted octanol–water partition coefficient (Wildman–Crippen LogP) is 5.61. The molecule has 0 aliphatic carbocycles. The van der Waals surface area contributed by atoms with Gasteiger partial charge in [0.05, 0.1) is 12.8 Å². The van der Waals surface area contributed by atoms with Crippen LogP contribution in [0.4, 0.5) is 4.39 Å². The second kappa shape index (κ2) is 10.3. The van der Waals surface area contributed by atoms with Gasteiger partial charge >= 0.3 is 0 Å². The lowest BCUT2D eigenvalue weighted by Gasteiger charge is -2.15.